The van der Waals surface area contributed by atoms with Gasteiger partial charge >= 0.3 is 0 Å². The van der Waals surface area contributed by atoms with Crippen molar-refractivity contribution in [3.8, 4) is 5.75 Å². The molecule has 1 aromatic carbocycles. The van der Waals surface area contributed by atoms with Gasteiger partial charge in [-0.3, -0.25) is 9.59 Å². The Balaban J connectivity index is 1.36. The molecule has 0 bridgehead atoms. The van der Waals surface area contributed by atoms with E-state index in [-0.39, 0.29) is 23.7 Å². The fourth-order valence-electron chi connectivity index (χ4n) is 2.62. The third-order valence-corrected chi connectivity index (χ3v) is 4.02. The van der Waals surface area contributed by atoms with Crippen molar-refractivity contribution in [1.82, 2.24) is 10.6 Å². The molecule has 1 fully saturated rings. The average Bonchev–Trinajstić information content (AvgIpc) is 3.37. The number of carbonyl (C=O) groups excluding carboxylic acids is 2. The zero-order valence-corrected chi connectivity index (χ0v) is 14.4. The van der Waals surface area contributed by atoms with E-state index in [2.05, 4.69) is 10.6 Å². The smallest absolute Gasteiger partial charge is 0.287 e. The summed E-state index contributed by atoms with van der Waals surface area (Å²) in [5.74, 6) is 0.442. The summed E-state index contributed by atoms with van der Waals surface area (Å²) in [7, 11) is 0. The first-order valence-electron chi connectivity index (χ1n) is 8.67. The highest BCUT2D eigenvalue weighted by atomic mass is 16.5. The van der Waals surface area contributed by atoms with E-state index in [9.17, 15) is 9.59 Å². The number of nitrogens with one attached hydrogen (secondary N) is 2. The van der Waals surface area contributed by atoms with Crippen LogP contribution in [0.25, 0.3) is 0 Å². The van der Waals surface area contributed by atoms with Crippen molar-refractivity contribution in [2.75, 3.05) is 26.3 Å². The number of amides is 2. The van der Waals surface area contributed by atoms with E-state index in [1.165, 1.54) is 6.26 Å². The van der Waals surface area contributed by atoms with Gasteiger partial charge in [0.2, 0.25) is 0 Å². The van der Waals surface area contributed by atoms with E-state index in [1.54, 1.807) is 36.4 Å². The Morgan fingerprint density at radius 2 is 1.85 bits per heavy atom. The molecular weight excluding hydrogens is 336 g/mol. The van der Waals surface area contributed by atoms with E-state index >= 15 is 0 Å². The van der Waals surface area contributed by atoms with Gasteiger partial charge in [0.05, 0.1) is 12.4 Å². The molecule has 1 saturated heterocycles. The third kappa shape index (κ3) is 5.10. The summed E-state index contributed by atoms with van der Waals surface area (Å²) in [5.41, 5.74) is 0.534. The highest BCUT2D eigenvalue weighted by Crippen LogP contribution is 2.16. The van der Waals surface area contributed by atoms with Gasteiger partial charge in [0, 0.05) is 25.3 Å². The summed E-state index contributed by atoms with van der Waals surface area (Å²) in [4.78, 5) is 23.8. The minimum atomic E-state index is -0.308. The maximum atomic E-state index is 12.1. The molecule has 1 aliphatic heterocycles. The average molecular weight is 358 g/mol. The highest BCUT2D eigenvalue weighted by Gasteiger charge is 2.16. The summed E-state index contributed by atoms with van der Waals surface area (Å²) in [6.45, 7) is 1.96. The van der Waals surface area contributed by atoms with Crippen LogP contribution in [0.15, 0.2) is 47.1 Å². The standard InChI is InChI=1S/C19H22N2O5/c22-18(20-9-10-21-19(23)17-4-2-12-25-17)14-5-7-15(8-6-14)26-13-16-3-1-11-24-16/h2,4-8,12,16H,1,3,9-11,13H2,(H,20,22)(H,21,23). The van der Waals surface area contributed by atoms with Gasteiger partial charge in [0.1, 0.15) is 12.4 Å². The molecule has 1 aromatic heterocycles. The molecule has 7 nitrogen and oxygen atoms in total. The number of hydrogen-bond donors (Lipinski definition) is 2. The van der Waals surface area contributed by atoms with Crippen molar-refractivity contribution in [2.24, 2.45) is 0 Å². The quantitative estimate of drug-likeness (QED) is 0.705. The molecule has 2 heterocycles. The summed E-state index contributed by atoms with van der Waals surface area (Å²) in [6.07, 6.45) is 3.70. The Bertz CT molecular complexity index is 706. The third-order valence-electron chi connectivity index (χ3n) is 4.02. The van der Waals surface area contributed by atoms with Crippen molar-refractivity contribution in [2.45, 2.75) is 18.9 Å². The topological polar surface area (TPSA) is 89.8 Å². The molecule has 1 atom stereocenters. The summed E-state index contributed by atoms with van der Waals surface area (Å²) in [6, 6.07) is 10.2. The molecule has 2 amide bonds. The Morgan fingerprint density at radius 3 is 2.50 bits per heavy atom. The van der Waals surface area contributed by atoms with Crippen LogP contribution in [0, 0.1) is 0 Å². The van der Waals surface area contributed by atoms with Gasteiger partial charge in [-0.1, -0.05) is 0 Å². The molecule has 2 N–H and O–H groups in total. The molecule has 138 valence electrons. The van der Waals surface area contributed by atoms with Crippen LogP contribution in [0.2, 0.25) is 0 Å². The molecule has 0 aliphatic carbocycles. The van der Waals surface area contributed by atoms with Gasteiger partial charge in [-0.2, -0.15) is 0 Å². The van der Waals surface area contributed by atoms with Crippen molar-refractivity contribution >= 4 is 11.8 Å². The van der Waals surface area contributed by atoms with Gasteiger partial charge in [0.15, 0.2) is 5.76 Å². The largest absolute Gasteiger partial charge is 0.491 e. The van der Waals surface area contributed by atoms with Crippen molar-refractivity contribution in [3.05, 3.63) is 54.0 Å². The Hall–Kier alpha value is -2.80. The van der Waals surface area contributed by atoms with Crippen molar-refractivity contribution < 1.29 is 23.5 Å². The first kappa shape index (κ1) is 18.0. The Kier molecular flexibility index (Phi) is 6.27. The molecular formula is C19H22N2O5. The van der Waals surface area contributed by atoms with E-state index in [1.807, 2.05) is 0 Å². The highest BCUT2D eigenvalue weighted by molar-refractivity contribution is 5.94. The van der Waals surface area contributed by atoms with E-state index < -0.39 is 0 Å². The lowest BCUT2D eigenvalue weighted by atomic mass is 10.2. The normalized spacial score (nSPS) is 16.2. The molecule has 3 rings (SSSR count). The Morgan fingerprint density at radius 1 is 1.08 bits per heavy atom. The van der Waals surface area contributed by atoms with Crippen LogP contribution in [0.1, 0.15) is 33.8 Å². The Labute approximate surface area is 151 Å². The van der Waals surface area contributed by atoms with Crippen LogP contribution in [0.4, 0.5) is 0 Å². The van der Waals surface area contributed by atoms with Gasteiger partial charge in [0.25, 0.3) is 11.8 Å². The summed E-state index contributed by atoms with van der Waals surface area (Å²) >= 11 is 0. The fourth-order valence-corrected chi connectivity index (χ4v) is 2.62. The SMILES string of the molecule is O=C(NCCNC(=O)c1ccco1)c1ccc(OCC2CCCO2)cc1. The second kappa shape index (κ2) is 9.05. The number of ether oxygens (including phenoxy) is 2. The minimum absolute atomic E-state index is 0.161. The first-order chi connectivity index (χ1) is 12.7. The predicted octanol–water partition coefficient (Wildman–Crippen LogP) is 2.00. The number of carbonyl (C=O) groups is 2. The van der Waals surface area contributed by atoms with Crippen LogP contribution in [-0.2, 0) is 4.74 Å². The molecule has 1 unspecified atom stereocenters. The lowest BCUT2D eigenvalue weighted by Gasteiger charge is -2.12. The summed E-state index contributed by atoms with van der Waals surface area (Å²) < 4.78 is 16.2. The maximum absolute atomic E-state index is 12.1. The van der Waals surface area contributed by atoms with Gasteiger partial charge in [-0.05, 0) is 49.2 Å². The molecule has 0 spiro atoms. The number of rotatable bonds is 8. The molecule has 0 radical (unpaired) electrons. The molecule has 26 heavy (non-hydrogen) atoms. The summed E-state index contributed by atoms with van der Waals surface area (Å²) in [5, 5.41) is 5.42. The van der Waals surface area contributed by atoms with Crippen LogP contribution >= 0.6 is 0 Å². The molecule has 0 saturated carbocycles. The maximum Gasteiger partial charge on any atom is 0.287 e. The molecule has 1 aliphatic rings. The number of benzene rings is 1. The van der Waals surface area contributed by atoms with E-state index in [0.717, 1.165) is 19.4 Å². The molecule has 2 aromatic rings. The fraction of sp³-hybridized carbons (Fsp3) is 0.368. The van der Waals surface area contributed by atoms with Crippen LogP contribution < -0.4 is 15.4 Å². The number of hydrogen-bond acceptors (Lipinski definition) is 5. The lowest BCUT2D eigenvalue weighted by Crippen LogP contribution is -2.34. The minimum Gasteiger partial charge on any atom is -0.491 e. The van der Waals surface area contributed by atoms with Crippen molar-refractivity contribution in [3.63, 3.8) is 0 Å². The predicted molar refractivity (Wildman–Crippen MR) is 94.3 cm³/mol. The van der Waals surface area contributed by atoms with Crippen LogP contribution in [-0.4, -0.2) is 44.2 Å². The van der Waals surface area contributed by atoms with Crippen LogP contribution in [0.5, 0.6) is 5.75 Å². The van der Waals surface area contributed by atoms with Crippen molar-refractivity contribution in [1.29, 1.82) is 0 Å². The van der Waals surface area contributed by atoms with Gasteiger partial charge in [-0.25, -0.2) is 0 Å². The zero-order valence-electron chi connectivity index (χ0n) is 14.4. The lowest BCUT2D eigenvalue weighted by molar-refractivity contribution is 0.0679. The number of furan rings is 1. The second-order valence-corrected chi connectivity index (χ2v) is 5.96. The zero-order chi connectivity index (χ0) is 18.2. The van der Waals surface area contributed by atoms with Gasteiger partial charge in [-0.15, -0.1) is 0 Å². The molecule has 7 heteroatoms. The van der Waals surface area contributed by atoms with Crippen LogP contribution in [0.3, 0.4) is 0 Å². The monoisotopic (exact) mass is 358 g/mol. The van der Waals surface area contributed by atoms with E-state index in [4.69, 9.17) is 13.9 Å². The van der Waals surface area contributed by atoms with E-state index in [0.29, 0.717) is 31.0 Å². The second-order valence-electron chi connectivity index (χ2n) is 5.96. The first-order valence-corrected chi connectivity index (χ1v) is 8.67. The van der Waals surface area contributed by atoms with Gasteiger partial charge < -0.3 is 24.5 Å².